The van der Waals surface area contributed by atoms with E-state index in [1.807, 2.05) is 0 Å². The smallest absolute Gasteiger partial charge is 0.0141 e. The molecule has 0 aromatic rings. The first-order valence-electron chi connectivity index (χ1n) is 9.13. The summed E-state index contributed by atoms with van der Waals surface area (Å²) in [6, 6.07) is 1.45. The number of unbranched alkanes of at least 4 members (excludes halogenated alkanes) is 1. The molecule has 1 aliphatic carbocycles. The van der Waals surface area contributed by atoms with Crippen LogP contribution in [0.4, 0.5) is 0 Å². The van der Waals surface area contributed by atoms with Gasteiger partial charge in [-0.2, -0.15) is 0 Å². The van der Waals surface area contributed by atoms with Crippen molar-refractivity contribution in [2.45, 2.75) is 91.1 Å². The second-order valence-corrected chi connectivity index (χ2v) is 6.88. The van der Waals surface area contributed by atoms with Gasteiger partial charge in [-0.05, 0) is 57.5 Å². The van der Waals surface area contributed by atoms with Crippen molar-refractivity contribution in [3.05, 3.63) is 0 Å². The molecule has 20 heavy (non-hydrogen) atoms. The topological polar surface area (TPSA) is 29.3 Å². The van der Waals surface area contributed by atoms with Crippen molar-refractivity contribution in [3.63, 3.8) is 0 Å². The molecule has 2 nitrogen and oxygen atoms in total. The van der Waals surface area contributed by atoms with Crippen molar-refractivity contribution in [2.24, 2.45) is 17.6 Å². The van der Waals surface area contributed by atoms with E-state index in [-0.39, 0.29) is 0 Å². The van der Waals surface area contributed by atoms with Crippen LogP contribution in [0.25, 0.3) is 0 Å². The van der Waals surface area contributed by atoms with E-state index in [2.05, 4.69) is 32.6 Å². The Bertz CT molecular complexity index is 242. The lowest BCUT2D eigenvalue weighted by molar-refractivity contribution is 0.0474. The molecule has 4 atom stereocenters. The summed E-state index contributed by atoms with van der Waals surface area (Å²) < 4.78 is 0. The third-order valence-electron chi connectivity index (χ3n) is 5.42. The van der Waals surface area contributed by atoms with Gasteiger partial charge in [0.25, 0.3) is 0 Å². The third kappa shape index (κ3) is 5.04. The van der Waals surface area contributed by atoms with Crippen LogP contribution in [0.1, 0.15) is 79.1 Å². The monoisotopic (exact) mass is 282 g/mol. The Hall–Kier alpha value is -0.0800. The average Bonchev–Trinajstić information content (AvgIpc) is 2.48. The SMILES string of the molecule is CCCCN(C(C)CC)C1CC(CCC)CCC1CN. The summed E-state index contributed by atoms with van der Waals surface area (Å²) in [5.41, 5.74) is 6.09. The Labute approximate surface area is 127 Å². The standard InChI is InChI=1S/C18H38N2/c1-5-8-12-20(15(4)7-3)18-13-16(9-6-2)10-11-17(18)14-19/h15-18H,5-14,19H2,1-4H3. The summed E-state index contributed by atoms with van der Waals surface area (Å²) in [5, 5.41) is 0. The number of hydrogen-bond acceptors (Lipinski definition) is 2. The molecule has 0 radical (unpaired) electrons. The van der Waals surface area contributed by atoms with E-state index in [1.165, 1.54) is 57.9 Å². The predicted molar refractivity (Wildman–Crippen MR) is 89.9 cm³/mol. The minimum absolute atomic E-state index is 0.709. The highest BCUT2D eigenvalue weighted by Gasteiger charge is 2.34. The van der Waals surface area contributed by atoms with Gasteiger partial charge in [0.2, 0.25) is 0 Å². The van der Waals surface area contributed by atoms with E-state index < -0.39 is 0 Å². The third-order valence-corrected chi connectivity index (χ3v) is 5.42. The summed E-state index contributed by atoms with van der Waals surface area (Å²) in [7, 11) is 0. The molecule has 0 aliphatic heterocycles. The Morgan fingerprint density at radius 1 is 1.15 bits per heavy atom. The van der Waals surface area contributed by atoms with Crippen molar-refractivity contribution >= 4 is 0 Å². The molecule has 0 spiro atoms. The molecule has 0 heterocycles. The molecule has 2 N–H and O–H groups in total. The van der Waals surface area contributed by atoms with Crippen molar-refractivity contribution in [1.82, 2.24) is 4.90 Å². The van der Waals surface area contributed by atoms with E-state index in [0.29, 0.717) is 6.04 Å². The first kappa shape index (κ1) is 18.0. The van der Waals surface area contributed by atoms with Gasteiger partial charge in [-0.3, -0.25) is 4.90 Å². The van der Waals surface area contributed by atoms with Crippen molar-refractivity contribution in [2.75, 3.05) is 13.1 Å². The predicted octanol–water partition coefficient (Wildman–Crippen LogP) is 4.43. The van der Waals surface area contributed by atoms with Crippen LogP contribution < -0.4 is 5.73 Å². The molecule has 0 aromatic heterocycles. The quantitative estimate of drug-likeness (QED) is 0.678. The van der Waals surface area contributed by atoms with Crippen LogP contribution in [0.2, 0.25) is 0 Å². The second kappa shape index (κ2) is 9.78. The van der Waals surface area contributed by atoms with Crippen LogP contribution in [0.5, 0.6) is 0 Å². The van der Waals surface area contributed by atoms with Gasteiger partial charge in [-0.25, -0.2) is 0 Å². The average molecular weight is 283 g/mol. The van der Waals surface area contributed by atoms with Gasteiger partial charge in [0.15, 0.2) is 0 Å². The Balaban J connectivity index is 2.75. The molecule has 0 saturated heterocycles. The summed E-state index contributed by atoms with van der Waals surface area (Å²) in [5.74, 6) is 1.68. The molecule has 0 amide bonds. The second-order valence-electron chi connectivity index (χ2n) is 6.88. The zero-order valence-corrected chi connectivity index (χ0v) is 14.4. The van der Waals surface area contributed by atoms with Gasteiger partial charge in [0.1, 0.15) is 0 Å². The lowest BCUT2D eigenvalue weighted by Gasteiger charge is -2.45. The first-order chi connectivity index (χ1) is 9.67. The van der Waals surface area contributed by atoms with E-state index in [1.54, 1.807) is 0 Å². The molecule has 0 bridgehead atoms. The largest absolute Gasteiger partial charge is 0.330 e. The lowest BCUT2D eigenvalue weighted by atomic mass is 9.75. The molecule has 120 valence electrons. The lowest BCUT2D eigenvalue weighted by Crippen LogP contribution is -2.50. The van der Waals surface area contributed by atoms with E-state index >= 15 is 0 Å². The highest BCUT2D eigenvalue weighted by molar-refractivity contribution is 4.89. The van der Waals surface area contributed by atoms with Crippen molar-refractivity contribution in [1.29, 1.82) is 0 Å². The number of rotatable bonds is 9. The zero-order chi connectivity index (χ0) is 15.0. The number of hydrogen-bond donors (Lipinski definition) is 1. The van der Waals surface area contributed by atoms with Gasteiger partial charge in [0.05, 0.1) is 0 Å². The fourth-order valence-electron chi connectivity index (χ4n) is 3.93. The summed E-state index contributed by atoms with van der Waals surface area (Å²) in [6.07, 6.45) is 10.8. The molecule has 1 aliphatic rings. The van der Waals surface area contributed by atoms with Gasteiger partial charge >= 0.3 is 0 Å². The van der Waals surface area contributed by atoms with Gasteiger partial charge in [-0.1, -0.05) is 46.5 Å². The van der Waals surface area contributed by atoms with E-state index in [0.717, 1.165) is 24.4 Å². The van der Waals surface area contributed by atoms with Crippen LogP contribution in [-0.2, 0) is 0 Å². The Kier molecular flexibility index (Phi) is 8.79. The van der Waals surface area contributed by atoms with Crippen molar-refractivity contribution < 1.29 is 0 Å². The maximum atomic E-state index is 6.09. The van der Waals surface area contributed by atoms with Crippen LogP contribution in [0, 0.1) is 11.8 Å². The molecular formula is C18H38N2. The summed E-state index contributed by atoms with van der Waals surface area (Å²) in [6.45, 7) is 11.5. The van der Waals surface area contributed by atoms with E-state index in [9.17, 15) is 0 Å². The summed E-state index contributed by atoms with van der Waals surface area (Å²) >= 11 is 0. The fourth-order valence-corrected chi connectivity index (χ4v) is 3.93. The van der Waals surface area contributed by atoms with Crippen LogP contribution in [0.3, 0.4) is 0 Å². The molecule has 1 fully saturated rings. The maximum Gasteiger partial charge on any atom is 0.0141 e. The Morgan fingerprint density at radius 2 is 1.90 bits per heavy atom. The van der Waals surface area contributed by atoms with Crippen LogP contribution in [-0.4, -0.2) is 30.1 Å². The molecule has 1 saturated carbocycles. The van der Waals surface area contributed by atoms with Gasteiger partial charge in [-0.15, -0.1) is 0 Å². The fraction of sp³-hybridized carbons (Fsp3) is 1.00. The number of nitrogens with zero attached hydrogens (tertiary/aromatic N) is 1. The highest BCUT2D eigenvalue weighted by Crippen LogP contribution is 2.35. The highest BCUT2D eigenvalue weighted by atomic mass is 15.2. The Morgan fingerprint density at radius 3 is 2.45 bits per heavy atom. The van der Waals surface area contributed by atoms with Crippen molar-refractivity contribution in [3.8, 4) is 0 Å². The zero-order valence-electron chi connectivity index (χ0n) is 14.4. The molecular weight excluding hydrogens is 244 g/mol. The molecule has 2 heteroatoms. The van der Waals surface area contributed by atoms with Gasteiger partial charge in [0, 0.05) is 12.1 Å². The molecule has 0 aromatic carbocycles. The maximum absolute atomic E-state index is 6.09. The van der Waals surface area contributed by atoms with Gasteiger partial charge < -0.3 is 5.73 Å². The first-order valence-corrected chi connectivity index (χ1v) is 9.13. The number of nitrogens with two attached hydrogens (primary N) is 1. The van der Waals surface area contributed by atoms with Crippen LogP contribution in [0.15, 0.2) is 0 Å². The minimum Gasteiger partial charge on any atom is -0.330 e. The van der Waals surface area contributed by atoms with Crippen LogP contribution >= 0.6 is 0 Å². The molecule has 4 unspecified atom stereocenters. The van der Waals surface area contributed by atoms with E-state index in [4.69, 9.17) is 5.73 Å². The summed E-state index contributed by atoms with van der Waals surface area (Å²) in [4.78, 5) is 2.81. The minimum atomic E-state index is 0.709. The molecule has 1 rings (SSSR count). The normalized spacial score (nSPS) is 28.8.